The second kappa shape index (κ2) is 6.14. The Morgan fingerprint density at radius 3 is 2.62 bits per heavy atom. The number of nitrogens with one attached hydrogen (secondary N) is 1. The Morgan fingerprint density at radius 2 is 2.05 bits per heavy atom. The Morgan fingerprint density at radius 1 is 1.38 bits per heavy atom. The van der Waals surface area contributed by atoms with Crippen LogP contribution in [0.1, 0.15) is 19.3 Å². The third kappa shape index (κ3) is 3.73. The van der Waals surface area contributed by atoms with Crippen LogP contribution in [0.15, 0.2) is 23.1 Å². The number of sulfone groups is 1. The van der Waals surface area contributed by atoms with Crippen molar-refractivity contribution in [2.24, 2.45) is 0 Å². The Bertz CT molecular complexity index is 686. The van der Waals surface area contributed by atoms with Gasteiger partial charge in [0.1, 0.15) is 6.42 Å². The number of carbonyl (C=O) groups excluding carboxylic acids is 1. The number of benzene rings is 1. The SMILES string of the molecule is CS(=O)(=O)c1ccc(N2CCCC2)cc1NC(=O)CC#N. The molecule has 1 aliphatic heterocycles. The van der Waals surface area contributed by atoms with E-state index in [1.807, 2.05) is 0 Å². The second-order valence-electron chi connectivity index (χ2n) is 5.03. The van der Waals surface area contributed by atoms with Crippen molar-refractivity contribution < 1.29 is 13.2 Å². The number of amides is 1. The van der Waals surface area contributed by atoms with Gasteiger partial charge in [0.05, 0.1) is 16.7 Å². The Labute approximate surface area is 124 Å². The van der Waals surface area contributed by atoms with Crippen LogP contribution in [0.3, 0.4) is 0 Å². The fraction of sp³-hybridized carbons (Fsp3) is 0.429. The first-order valence-corrected chi connectivity index (χ1v) is 8.57. The lowest BCUT2D eigenvalue weighted by atomic mass is 10.2. The summed E-state index contributed by atoms with van der Waals surface area (Å²) in [5.41, 5.74) is 1.12. The molecule has 0 saturated carbocycles. The molecule has 112 valence electrons. The molecule has 21 heavy (non-hydrogen) atoms. The van der Waals surface area contributed by atoms with E-state index in [1.165, 1.54) is 6.07 Å². The summed E-state index contributed by atoms with van der Waals surface area (Å²) in [6.45, 7) is 1.84. The van der Waals surface area contributed by atoms with E-state index in [0.717, 1.165) is 37.9 Å². The highest BCUT2D eigenvalue weighted by Gasteiger charge is 2.19. The highest BCUT2D eigenvalue weighted by atomic mass is 32.2. The molecule has 1 aliphatic rings. The molecule has 2 rings (SSSR count). The van der Waals surface area contributed by atoms with Gasteiger partial charge in [0.25, 0.3) is 0 Å². The van der Waals surface area contributed by atoms with Crippen molar-refractivity contribution in [3.8, 4) is 6.07 Å². The minimum absolute atomic E-state index is 0.0664. The second-order valence-corrected chi connectivity index (χ2v) is 7.01. The fourth-order valence-corrected chi connectivity index (χ4v) is 3.20. The number of hydrogen-bond acceptors (Lipinski definition) is 5. The molecule has 7 heteroatoms. The first-order chi connectivity index (χ1) is 9.91. The molecular weight excluding hydrogens is 290 g/mol. The monoisotopic (exact) mass is 307 g/mol. The van der Waals surface area contributed by atoms with E-state index in [1.54, 1.807) is 18.2 Å². The van der Waals surface area contributed by atoms with Gasteiger partial charge in [0, 0.05) is 25.0 Å². The van der Waals surface area contributed by atoms with Crippen molar-refractivity contribution in [1.29, 1.82) is 5.26 Å². The van der Waals surface area contributed by atoms with Gasteiger partial charge in [0.2, 0.25) is 5.91 Å². The Balaban J connectivity index is 2.38. The molecule has 0 atom stereocenters. The summed E-state index contributed by atoms with van der Waals surface area (Å²) in [5.74, 6) is -0.513. The van der Waals surface area contributed by atoms with Gasteiger partial charge in [-0.25, -0.2) is 8.42 Å². The number of rotatable bonds is 4. The van der Waals surface area contributed by atoms with Crippen LogP contribution >= 0.6 is 0 Å². The topological polar surface area (TPSA) is 90.3 Å². The fourth-order valence-electron chi connectivity index (χ4n) is 2.38. The summed E-state index contributed by atoms with van der Waals surface area (Å²) in [6, 6.07) is 6.66. The van der Waals surface area contributed by atoms with Crippen LogP contribution in [0, 0.1) is 11.3 Å². The number of carbonyl (C=O) groups is 1. The maximum Gasteiger partial charge on any atom is 0.238 e. The smallest absolute Gasteiger partial charge is 0.238 e. The van der Waals surface area contributed by atoms with Gasteiger partial charge in [-0.05, 0) is 31.0 Å². The highest BCUT2D eigenvalue weighted by Crippen LogP contribution is 2.29. The molecule has 0 unspecified atom stereocenters. The van der Waals surface area contributed by atoms with Crippen molar-refractivity contribution in [3.05, 3.63) is 18.2 Å². The first-order valence-electron chi connectivity index (χ1n) is 6.67. The van der Waals surface area contributed by atoms with Gasteiger partial charge in [-0.3, -0.25) is 4.79 Å². The molecule has 1 aromatic rings. The van der Waals surface area contributed by atoms with Crippen LogP contribution in [-0.4, -0.2) is 33.7 Å². The highest BCUT2D eigenvalue weighted by molar-refractivity contribution is 7.90. The van der Waals surface area contributed by atoms with E-state index in [9.17, 15) is 13.2 Å². The Hall–Kier alpha value is -2.07. The van der Waals surface area contributed by atoms with E-state index in [4.69, 9.17) is 5.26 Å². The lowest BCUT2D eigenvalue weighted by Gasteiger charge is -2.19. The minimum Gasteiger partial charge on any atom is -0.371 e. The lowest BCUT2D eigenvalue weighted by Crippen LogP contribution is -2.19. The summed E-state index contributed by atoms with van der Waals surface area (Å²) in [6.07, 6.45) is 2.99. The zero-order valence-corrected chi connectivity index (χ0v) is 12.6. The molecule has 0 radical (unpaired) electrons. The summed E-state index contributed by atoms with van der Waals surface area (Å²) >= 11 is 0. The van der Waals surface area contributed by atoms with E-state index < -0.39 is 15.7 Å². The van der Waals surface area contributed by atoms with Crippen molar-refractivity contribution in [3.63, 3.8) is 0 Å². The standard InChI is InChI=1S/C14H17N3O3S/c1-21(19,20)13-5-4-11(17-8-2-3-9-17)10-12(13)16-14(18)6-7-15/h4-5,10H,2-3,6,8-9H2,1H3,(H,16,18). The zero-order valence-electron chi connectivity index (χ0n) is 11.8. The van der Waals surface area contributed by atoms with Crippen molar-refractivity contribution in [2.45, 2.75) is 24.2 Å². The first kappa shape index (κ1) is 15.3. The largest absolute Gasteiger partial charge is 0.371 e. The summed E-state index contributed by atoms with van der Waals surface area (Å²) in [5, 5.41) is 11.0. The summed E-state index contributed by atoms with van der Waals surface area (Å²) in [4.78, 5) is 13.8. The molecule has 0 bridgehead atoms. The van der Waals surface area contributed by atoms with E-state index in [2.05, 4.69) is 10.2 Å². The van der Waals surface area contributed by atoms with Gasteiger partial charge in [0.15, 0.2) is 9.84 Å². The quantitative estimate of drug-likeness (QED) is 0.911. The predicted octanol–water partition coefficient (Wildman–Crippen LogP) is 1.54. The maximum atomic E-state index is 11.8. The van der Waals surface area contributed by atoms with E-state index in [0.29, 0.717) is 0 Å². The number of anilines is 2. The molecule has 0 aliphatic carbocycles. The molecule has 0 spiro atoms. The van der Waals surface area contributed by atoms with Crippen LogP contribution in [0.4, 0.5) is 11.4 Å². The lowest BCUT2D eigenvalue weighted by molar-refractivity contribution is -0.115. The van der Waals surface area contributed by atoms with E-state index in [-0.39, 0.29) is 17.0 Å². The van der Waals surface area contributed by atoms with Gasteiger partial charge in [-0.15, -0.1) is 0 Å². The van der Waals surface area contributed by atoms with Crippen LogP contribution in [-0.2, 0) is 14.6 Å². The average molecular weight is 307 g/mol. The molecule has 1 N–H and O–H groups in total. The molecule has 1 heterocycles. The molecule has 0 aromatic heterocycles. The van der Waals surface area contributed by atoms with Crippen molar-refractivity contribution in [1.82, 2.24) is 0 Å². The van der Waals surface area contributed by atoms with E-state index >= 15 is 0 Å². The van der Waals surface area contributed by atoms with Crippen LogP contribution in [0.25, 0.3) is 0 Å². The molecule has 1 fully saturated rings. The third-order valence-corrected chi connectivity index (χ3v) is 4.50. The average Bonchev–Trinajstić information content (AvgIpc) is 2.91. The predicted molar refractivity (Wildman–Crippen MR) is 79.9 cm³/mol. The van der Waals surface area contributed by atoms with Gasteiger partial charge >= 0.3 is 0 Å². The molecule has 1 amide bonds. The normalized spacial score (nSPS) is 14.8. The molecular formula is C14H17N3O3S. The number of nitrogens with zero attached hydrogens (tertiary/aromatic N) is 2. The number of hydrogen-bond donors (Lipinski definition) is 1. The van der Waals surface area contributed by atoms with Crippen LogP contribution < -0.4 is 10.2 Å². The molecule has 1 aromatic carbocycles. The van der Waals surface area contributed by atoms with Crippen LogP contribution in [0.2, 0.25) is 0 Å². The molecule has 6 nitrogen and oxygen atoms in total. The number of nitriles is 1. The van der Waals surface area contributed by atoms with Crippen molar-refractivity contribution in [2.75, 3.05) is 29.6 Å². The Kier molecular flexibility index (Phi) is 4.48. The molecule has 1 saturated heterocycles. The summed E-state index contributed by atoms with van der Waals surface area (Å²) in [7, 11) is -3.45. The third-order valence-electron chi connectivity index (χ3n) is 3.35. The maximum absolute atomic E-state index is 11.8. The van der Waals surface area contributed by atoms with Gasteiger partial charge in [-0.2, -0.15) is 5.26 Å². The van der Waals surface area contributed by atoms with Gasteiger partial charge < -0.3 is 10.2 Å². The van der Waals surface area contributed by atoms with Crippen molar-refractivity contribution >= 4 is 27.1 Å². The minimum atomic E-state index is -3.45. The summed E-state index contributed by atoms with van der Waals surface area (Å²) < 4.78 is 23.6. The van der Waals surface area contributed by atoms with Gasteiger partial charge in [-0.1, -0.05) is 0 Å². The van der Waals surface area contributed by atoms with Crippen LogP contribution in [0.5, 0.6) is 0 Å². The zero-order chi connectivity index (χ0) is 15.5.